The second kappa shape index (κ2) is 10.0. The highest BCUT2D eigenvalue weighted by Crippen LogP contribution is 2.23. The van der Waals surface area contributed by atoms with E-state index in [1.807, 2.05) is 6.92 Å². The number of carbonyl (C=O) groups excluding carboxylic acids is 2. The van der Waals surface area contributed by atoms with Crippen LogP contribution >= 0.6 is 11.6 Å². The number of para-hydroxylation sites is 1. The molecule has 0 aliphatic heterocycles. The first kappa shape index (κ1) is 18.2. The molecule has 0 amide bonds. The van der Waals surface area contributed by atoms with Crippen LogP contribution in [0.25, 0.3) is 0 Å². The number of hydrogen-bond acceptors (Lipinski definition) is 4. The number of unbranched alkanes of at least 4 members (excludes halogenated alkanes) is 2. The number of ether oxygens (including phenoxy) is 2. The molecule has 0 bridgehead atoms. The molecule has 1 aromatic rings. The molecule has 0 aliphatic rings. The van der Waals surface area contributed by atoms with Gasteiger partial charge in [0.25, 0.3) is 0 Å². The summed E-state index contributed by atoms with van der Waals surface area (Å²) in [5.74, 6) is -0.982. The molecule has 0 N–H and O–H groups in total. The van der Waals surface area contributed by atoms with Gasteiger partial charge in [-0.1, -0.05) is 43.5 Å². The first-order valence-electron chi connectivity index (χ1n) is 7.38. The summed E-state index contributed by atoms with van der Waals surface area (Å²) in [5, 5.41) is 0.330. The Bertz CT molecular complexity index is 525. The second-order valence-electron chi connectivity index (χ2n) is 4.93. The molecule has 5 heteroatoms. The molecular formula is C17H21ClO4. The number of hydrogen-bond donors (Lipinski definition) is 0. The zero-order valence-electron chi connectivity index (χ0n) is 12.9. The number of rotatable bonds is 8. The molecule has 0 saturated carbocycles. The SMILES string of the molecule is CCCCCC(C)OC(=O)/C=C/C(=O)Oc1ccccc1Cl. The summed E-state index contributed by atoms with van der Waals surface area (Å²) in [4.78, 5) is 23.2. The monoisotopic (exact) mass is 324 g/mol. The molecule has 0 heterocycles. The van der Waals surface area contributed by atoms with E-state index in [4.69, 9.17) is 21.1 Å². The lowest BCUT2D eigenvalue weighted by Gasteiger charge is -2.11. The average molecular weight is 325 g/mol. The van der Waals surface area contributed by atoms with Crippen LogP contribution in [0, 0.1) is 0 Å². The lowest BCUT2D eigenvalue weighted by atomic mass is 10.1. The Morgan fingerprint density at radius 2 is 1.86 bits per heavy atom. The summed E-state index contributed by atoms with van der Waals surface area (Å²) in [5.41, 5.74) is 0. The standard InChI is InChI=1S/C17H21ClO4/c1-3-4-5-8-13(2)21-16(19)11-12-17(20)22-15-10-7-6-9-14(15)18/h6-7,9-13H,3-5,8H2,1-2H3/b12-11+. The summed E-state index contributed by atoms with van der Waals surface area (Å²) in [7, 11) is 0. The summed E-state index contributed by atoms with van der Waals surface area (Å²) < 4.78 is 10.2. The molecule has 1 unspecified atom stereocenters. The van der Waals surface area contributed by atoms with E-state index in [-0.39, 0.29) is 11.9 Å². The molecule has 1 aromatic carbocycles. The van der Waals surface area contributed by atoms with Gasteiger partial charge in [0.15, 0.2) is 0 Å². The van der Waals surface area contributed by atoms with Crippen molar-refractivity contribution in [2.24, 2.45) is 0 Å². The Morgan fingerprint density at radius 1 is 1.18 bits per heavy atom. The van der Waals surface area contributed by atoms with Crippen LogP contribution in [0.4, 0.5) is 0 Å². The molecule has 0 radical (unpaired) electrons. The molecule has 22 heavy (non-hydrogen) atoms. The smallest absolute Gasteiger partial charge is 0.336 e. The molecule has 0 aliphatic carbocycles. The Labute approximate surface area is 136 Å². The Balaban J connectivity index is 2.38. The zero-order chi connectivity index (χ0) is 16.4. The average Bonchev–Trinajstić information content (AvgIpc) is 2.48. The van der Waals surface area contributed by atoms with Gasteiger partial charge in [0.1, 0.15) is 5.75 Å². The van der Waals surface area contributed by atoms with Crippen molar-refractivity contribution in [2.75, 3.05) is 0 Å². The van der Waals surface area contributed by atoms with Gasteiger partial charge in [-0.2, -0.15) is 0 Å². The highest BCUT2D eigenvalue weighted by Gasteiger charge is 2.08. The van der Waals surface area contributed by atoms with Gasteiger partial charge in [-0.05, 0) is 31.9 Å². The van der Waals surface area contributed by atoms with Crippen molar-refractivity contribution in [1.82, 2.24) is 0 Å². The maximum absolute atomic E-state index is 11.6. The molecule has 1 atom stereocenters. The molecule has 4 nitrogen and oxygen atoms in total. The van der Waals surface area contributed by atoms with Crippen molar-refractivity contribution in [1.29, 1.82) is 0 Å². The number of benzene rings is 1. The summed E-state index contributed by atoms with van der Waals surface area (Å²) in [6, 6.07) is 6.61. The Kier molecular flexibility index (Phi) is 8.30. The highest BCUT2D eigenvalue weighted by atomic mass is 35.5. The van der Waals surface area contributed by atoms with E-state index in [1.165, 1.54) is 0 Å². The van der Waals surface area contributed by atoms with Gasteiger partial charge in [-0.3, -0.25) is 0 Å². The van der Waals surface area contributed by atoms with Crippen LogP contribution in [-0.4, -0.2) is 18.0 Å². The van der Waals surface area contributed by atoms with E-state index in [2.05, 4.69) is 6.92 Å². The number of esters is 2. The van der Waals surface area contributed by atoms with Crippen LogP contribution in [0.3, 0.4) is 0 Å². The molecule has 0 aromatic heterocycles. The Morgan fingerprint density at radius 3 is 2.55 bits per heavy atom. The zero-order valence-corrected chi connectivity index (χ0v) is 13.6. The number of carbonyl (C=O) groups is 2. The van der Waals surface area contributed by atoms with E-state index < -0.39 is 11.9 Å². The van der Waals surface area contributed by atoms with E-state index in [0.717, 1.165) is 37.8 Å². The van der Waals surface area contributed by atoms with Crippen LogP contribution in [0.2, 0.25) is 5.02 Å². The first-order valence-corrected chi connectivity index (χ1v) is 7.75. The molecule has 0 spiro atoms. The van der Waals surface area contributed by atoms with Crippen molar-refractivity contribution in [3.05, 3.63) is 41.4 Å². The molecule has 0 fully saturated rings. The summed E-state index contributed by atoms with van der Waals surface area (Å²) >= 11 is 5.87. The fourth-order valence-electron chi connectivity index (χ4n) is 1.78. The quantitative estimate of drug-likeness (QED) is 0.309. The van der Waals surface area contributed by atoms with E-state index in [9.17, 15) is 9.59 Å². The topological polar surface area (TPSA) is 52.6 Å². The van der Waals surface area contributed by atoms with Crippen molar-refractivity contribution in [2.45, 2.75) is 45.6 Å². The third-order valence-corrected chi connectivity index (χ3v) is 3.25. The van der Waals surface area contributed by atoms with Gasteiger partial charge in [0.2, 0.25) is 0 Å². The van der Waals surface area contributed by atoms with Crippen LogP contribution < -0.4 is 4.74 Å². The van der Waals surface area contributed by atoms with Crippen LogP contribution in [0.15, 0.2) is 36.4 Å². The van der Waals surface area contributed by atoms with E-state index in [1.54, 1.807) is 24.3 Å². The predicted molar refractivity (Wildman–Crippen MR) is 85.9 cm³/mol. The van der Waals surface area contributed by atoms with Gasteiger partial charge in [-0.15, -0.1) is 0 Å². The van der Waals surface area contributed by atoms with Gasteiger partial charge in [-0.25, -0.2) is 9.59 Å². The summed E-state index contributed by atoms with van der Waals surface area (Å²) in [6.07, 6.45) is 6.00. The maximum Gasteiger partial charge on any atom is 0.336 e. The molecule has 120 valence electrons. The lowest BCUT2D eigenvalue weighted by Crippen LogP contribution is -2.13. The minimum Gasteiger partial charge on any atom is -0.460 e. The number of halogens is 1. The van der Waals surface area contributed by atoms with Gasteiger partial charge in [0, 0.05) is 12.2 Å². The minimum absolute atomic E-state index is 0.164. The van der Waals surface area contributed by atoms with Crippen LogP contribution in [-0.2, 0) is 14.3 Å². The van der Waals surface area contributed by atoms with Crippen molar-refractivity contribution in [3.8, 4) is 5.75 Å². The molecular weight excluding hydrogens is 304 g/mol. The fourth-order valence-corrected chi connectivity index (χ4v) is 1.96. The second-order valence-corrected chi connectivity index (χ2v) is 5.34. The highest BCUT2D eigenvalue weighted by molar-refractivity contribution is 6.32. The largest absolute Gasteiger partial charge is 0.460 e. The van der Waals surface area contributed by atoms with Gasteiger partial charge >= 0.3 is 11.9 Å². The minimum atomic E-state index is -0.677. The van der Waals surface area contributed by atoms with Crippen molar-refractivity contribution < 1.29 is 19.1 Å². The molecule has 0 saturated heterocycles. The molecule has 1 rings (SSSR count). The lowest BCUT2D eigenvalue weighted by molar-refractivity contribution is -0.143. The van der Waals surface area contributed by atoms with Gasteiger partial charge in [0.05, 0.1) is 11.1 Å². The first-order chi connectivity index (χ1) is 10.5. The van der Waals surface area contributed by atoms with Crippen LogP contribution in [0.5, 0.6) is 5.75 Å². The maximum atomic E-state index is 11.6. The van der Waals surface area contributed by atoms with Gasteiger partial charge < -0.3 is 9.47 Å². The van der Waals surface area contributed by atoms with Crippen molar-refractivity contribution in [3.63, 3.8) is 0 Å². The van der Waals surface area contributed by atoms with Crippen LogP contribution in [0.1, 0.15) is 39.5 Å². The van der Waals surface area contributed by atoms with E-state index >= 15 is 0 Å². The fraction of sp³-hybridized carbons (Fsp3) is 0.412. The third-order valence-electron chi connectivity index (χ3n) is 2.93. The normalized spacial score (nSPS) is 12.1. The Hall–Kier alpha value is -1.81. The third kappa shape index (κ3) is 7.27. The van der Waals surface area contributed by atoms with E-state index in [0.29, 0.717) is 5.02 Å². The van der Waals surface area contributed by atoms with Crippen molar-refractivity contribution >= 4 is 23.5 Å². The summed E-state index contributed by atoms with van der Waals surface area (Å²) in [6.45, 7) is 3.95. The predicted octanol–water partition coefficient (Wildman–Crippen LogP) is 4.31.